The number of halogens is 2. The number of hydrogen-bond donors (Lipinski definition) is 0. The van der Waals surface area contributed by atoms with E-state index in [2.05, 4.69) is 62.8 Å². The first-order chi connectivity index (χ1) is 17.6. The summed E-state index contributed by atoms with van der Waals surface area (Å²) in [7, 11) is 0. The normalized spacial score (nSPS) is 22.1. The smallest absolute Gasteiger partial charge is 0.266 e. The first-order valence-corrected chi connectivity index (χ1v) is 15.7. The standard InChI is InChI=1S/C29H32BrIN2O2S/c30-25-17-21(13-16-26(25)35-19-20-11-14-22(31)15-12-20)18-27-28(34)33(24-9-5-2-6-10-24)29(36-27)32-23-7-3-1-4-8-23/h11-18,23-24H,1-10,19H2. The topological polar surface area (TPSA) is 41.9 Å². The van der Waals surface area contributed by atoms with Gasteiger partial charge in [-0.2, -0.15) is 0 Å². The van der Waals surface area contributed by atoms with Gasteiger partial charge in [0, 0.05) is 9.61 Å². The third kappa shape index (κ3) is 6.57. The number of amidine groups is 1. The van der Waals surface area contributed by atoms with Crippen molar-refractivity contribution in [3.8, 4) is 5.75 Å². The third-order valence-electron chi connectivity index (χ3n) is 7.21. The van der Waals surface area contributed by atoms with Crippen molar-refractivity contribution in [2.45, 2.75) is 82.9 Å². The Morgan fingerprint density at radius 2 is 1.69 bits per heavy atom. The summed E-state index contributed by atoms with van der Waals surface area (Å²) >= 11 is 7.54. The van der Waals surface area contributed by atoms with Gasteiger partial charge in [0.15, 0.2) is 5.17 Å². The van der Waals surface area contributed by atoms with E-state index in [1.807, 2.05) is 29.2 Å². The van der Waals surface area contributed by atoms with Crippen LogP contribution in [0.1, 0.15) is 75.3 Å². The van der Waals surface area contributed by atoms with E-state index in [-0.39, 0.29) is 11.9 Å². The molecule has 1 saturated heterocycles. The van der Waals surface area contributed by atoms with Gasteiger partial charge in [-0.15, -0.1) is 0 Å². The minimum absolute atomic E-state index is 0.122. The molecule has 0 N–H and O–H groups in total. The lowest BCUT2D eigenvalue weighted by molar-refractivity contribution is -0.124. The summed E-state index contributed by atoms with van der Waals surface area (Å²) in [6.45, 7) is 0.516. The second kappa shape index (κ2) is 12.5. The molecule has 0 unspecified atom stereocenters. The average molecular weight is 679 g/mol. The number of carbonyl (C=O) groups excluding carboxylic acids is 1. The highest BCUT2D eigenvalue weighted by Gasteiger charge is 2.39. The molecule has 4 nitrogen and oxygen atoms in total. The molecule has 36 heavy (non-hydrogen) atoms. The van der Waals surface area contributed by atoms with Crippen LogP contribution in [0.15, 0.2) is 56.8 Å². The fourth-order valence-electron chi connectivity index (χ4n) is 5.22. The molecule has 1 amide bonds. The van der Waals surface area contributed by atoms with Gasteiger partial charge in [-0.1, -0.05) is 56.7 Å². The van der Waals surface area contributed by atoms with Crippen molar-refractivity contribution in [1.29, 1.82) is 0 Å². The largest absolute Gasteiger partial charge is 0.488 e. The SMILES string of the molecule is O=C1C(=Cc2ccc(OCc3ccc(I)cc3)c(Br)c2)SC(=NC2CCCCC2)N1C1CCCCC1. The molecule has 0 spiro atoms. The van der Waals surface area contributed by atoms with Crippen molar-refractivity contribution < 1.29 is 9.53 Å². The van der Waals surface area contributed by atoms with Crippen LogP contribution in [0.4, 0.5) is 0 Å². The highest BCUT2D eigenvalue weighted by Crippen LogP contribution is 2.39. The summed E-state index contributed by atoms with van der Waals surface area (Å²) in [4.78, 5) is 21.6. The molecule has 1 aliphatic heterocycles. The number of rotatable bonds is 6. The van der Waals surface area contributed by atoms with E-state index >= 15 is 0 Å². The van der Waals surface area contributed by atoms with Crippen molar-refractivity contribution in [3.05, 3.63) is 66.5 Å². The maximum absolute atomic E-state index is 13.6. The number of nitrogens with zero attached hydrogens (tertiary/aromatic N) is 2. The quantitative estimate of drug-likeness (QED) is 0.227. The van der Waals surface area contributed by atoms with Crippen LogP contribution in [0.5, 0.6) is 5.75 Å². The lowest BCUT2D eigenvalue weighted by Gasteiger charge is -2.31. The van der Waals surface area contributed by atoms with Crippen molar-refractivity contribution >= 4 is 67.4 Å². The molecule has 2 aromatic carbocycles. The molecule has 0 bridgehead atoms. The van der Waals surface area contributed by atoms with E-state index in [1.165, 1.54) is 42.1 Å². The maximum atomic E-state index is 13.6. The molecule has 190 valence electrons. The van der Waals surface area contributed by atoms with Gasteiger partial charge in [0.2, 0.25) is 0 Å². The molecule has 0 radical (unpaired) electrons. The van der Waals surface area contributed by atoms with Crippen LogP contribution in [0, 0.1) is 3.57 Å². The number of hydrogen-bond acceptors (Lipinski definition) is 4. The van der Waals surface area contributed by atoms with Crippen LogP contribution in [0.3, 0.4) is 0 Å². The minimum Gasteiger partial charge on any atom is -0.488 e. The Bertz CT molecular complexity index is 1140. The molecule has 3 fully saturated rings. The summed E-state index contributed by atoms with van der Waals surface area (Å²) < 4.78 is 8.14. The monoisotopic (exact) mass is 678 g/mol. The maximum Gasteiger partial charge on any atom is 0.266 e. The average Bonchev–Trinajstić information content (AvgIpc) is 3.19. The second-order valence-corrected chi connectivity index (χ2v) is 13.0. The van der Waals surface area contributed by atoms with E-state index in [4.69, 9.17) is 9.73 Å². The Labute approximate surface area is 240 Å². The van der Waals surface area contributed by atoms with Crippen LogP contribution >= 0.6 is 50.3 Å². The summed E-state index contributed by atoms with van der Waals surface area (Å²) in [6.07, 6.45) is 14.0. The van der Waals surface area contributed by atoms with Gasteiger partial charge in [-0.05, 0) is 117 Å². The molecule has 5 rings (SSSR count). The van der Waals surface area contributed by atoms with E-state index < -0.39 is 0 Å². The van der Waals surface area contributed by atoms with Crippen molar-refractivity contribution in [2.75, 3.05) is 0 Å². The van der Waals surface area contributed by atoms with Gasteiger partial charge >= 0.3 is 0 Å². The Kier molecular flexibility index (Phi) is 9.12. The van der Waals surface area contributed by atoms with E-state index in [0.29, 0.717) is 12.6 Å². The molecular formula is C29H32BrIN2O2S. The molecule has 2 aliphatic carbocycles. The van der Waals surface area contributed by atoms with E-state index in [9.17, 15) is 4.79 Å². The first-order valence-electron chi connectivity index (χ1n) is 13.0. The molecule has 7 heteroatoms. The highest BCUT2D eigenvalue weighted by molar-refractivity contribution is 14.1. The Balaban J connectivity index is 1.33. The van der Waals surface area contributed by atoms with Crippen LogP contribution in [-0.2, 0) is 11.4 Å². The lowest BCUT2D eigenvalue weighted by atomic mass is 9.94. The molecule has 1 heterocycles. The predicted octanol–water partition coefficient (Wildman–Crippen LogP) is 8.57. The van der Waals surface area contributed by atoms with Gasteiger partial charge < -0.3 is 4.74 Å². The molecule has 2 aromatic rings. The van der Waals surface area contributed by atoms with E-state index in [0.717, 1.165) is 57.1 Å². The number of carbonyl (C=O) groups is 1. The Morgan fingerprint density at radius 1 is 1.00 bits per heavy atom. The van der Waals surface area contributed by atoms with Gasteiger partial charge in [-0.25, -0.2) is 0 Å². The Hall–Kier alpha value is -1.32. The van der Waals surface area contributed by atoms with Gasteiger partial charge in [0.1, 0.15) is 12.4 Å². The number of ether oxygens (including phenoxy) is 1. The zero-order valence-electron chi connectivity index (χ0n) is 20.4. The second-order valence-electron chi connectivity index (χ2n) is 9.89. The summed E-state index contributed by atoms with van der Waals surface area (Å²) in [5.41, 5.74) is 2.12. The minimum atomic E-state index is 0.122. The number of aliphatic imine (C=N–C) groups is 1. The number of thioether (sulfide) groups is 1. The fraction of sp³-hybridized carbons (Fsp3) is 0.448. The number of amides is 1. The highest BCUT2D eigenvalue weighted by atomic mass is 127. The molecular weight excluding hydrogens is 647 g/mol. The van der Waals surface area contributed by atoms with Crippen LogP contribution in [0.2, 0.25) is 0 Å². The molecule has 0 atom stereocenters. The fourth-order valence-corrected chi connectivity index (χ4v) is 7.20. The summed E-state index contributed by atoms with van der Waals surface area (Å²) in [6, 6.07) is 15.0. The van der Waals surface area contributed by atoms with Crippen LogP contribution in [-0.4, -0.2) is 28.1 Å². The Morgan fingerprint density at radius 3 is 2.39 bits per heavy atom. The van der Waals surface area contributed by atoms with Crippen LogP contribution in [0.25, 0.3) is 6.08 Å². The molecule has 3 aliphatic rings. The van der Waals surface area contributed by atoms with E-state index in [1.54, 1.807) is 11.8 Å². The first kappa shape index (κ1) is 26.3. The van der Waals surface area contributed by atoms with Crippen molar-refractivity contribution in [3.63, 3.8) is 0 Å². The van der Waals surface area contributed by atoms with Gasteiger partial charge in [0.05, 0.1) is 15.4 Å². The van der Waals surface area contributed by atoms with Crippen LogP contribution < -0.4 is 4.74 Å². The van der Waals surface area contributed by atoms with Gasteiger partial charge in [0.25, 0.3) is 5.91 Å². The summed E-state index contributed by atoms with van der Waals surface area (Å²) in [5, 5.41) is 0.932. The van der Waals surface area contributed by atoms with Crippen molar-refractivity contribution in [2.24, 2.45) is 4.99 Å². The third-order valence-corrected chi connectivity index (χ3v) is 9.54. The molecule has 2 saturated carbocycles. The van der Waals surface area contributed by atoms with Gasteiger partial charge in [-0.3, -0.25) is 14.7 Å². The van der Waals surface area contributed by atoms with Crippen molar-refractivity contribution in [1.82, 2.24) is 4.90 Å². The summed E-state index contributed by atoms with van der Waals surface area (Å²) in [5.74, 6) is 0.918. The zero-order chi connectivity index (χ0) is 24.9. The zero-order valence-corrected chi connectivity index (χ0v) is 25.0. The lowest BCUT2D eigenvalue weighted by Crippen LogP contribution is -2.41. The molecule has 0 aromatic heterocycles. The number of benzene rings is 2. The predicted molar refractivity (Wildman–Crippen MR) is 161 cm³/mol.